The number of anilines is 2. The molecule has 0 radical (unpaired) electrons. The minimum atomic E-state index is -0.232. The molecule has 0 aliphatic carbocycles. The van der Waals surface area contributed by atoms with Crippen LogP contribution >= 0.6 is 27.5 Å². The molecule has 1 heterocycles. The van der Waals surface area contributed by atoms with Crippen LogP contribution in [0.1, 0.15) is 29.4 Å². The minimum absolute atomic E-state index is 0.232. The standard InChI is InChI=1S/C15H15BrClN3O/c1-2-3-11-6-9(7-14(18)19-11)15(21)20-13-5-4-10(17)8-12(13)16/h4-8H,2-3H2,1H3,(H2,18,19)(H,20,21). The number of rotatable bonds is 4. The zero-order valence-corrected chi connectivity index (χ0v) is 13.8. The van der Waals surface area contributed by atoms with E-state index in [1.807, 2.05) is 0 Å². The largest absolute Gasteiger partial charge is 0.384 e. The van der Waals surface area contributed by atoms with Crippen molar-refractivity contribution in [1.82, 2.24) is 4.98 Å². The second-order valence-corrected chi connectivity index (χ2v) is 5.89. The van der Waals surface area contributed by atoms with Crippen molar-refractivity contribution >= 4 is 44.9 Å². The molecule has 110 valence electrons. The Morgan fingerprint density at radius 2 is 2.14 bits per heavy atom. The fourth-order valence-corrected chi connectivity index (χ4v) is 2.69. The van der Waals surface area contributed by atoms with Crippen molar-refractivity contribution in [3.8, 4) is 0 Å². The first kappa shape index (κ1) is 15.8. The van der Waals surface area contributed by atoms with Crippen LogP contribution in [0, 0.1) is 0 Å². The lowest BCUT2D eigenvalue weighted by Gasteiger charge is -2.09. The number of benzene rings is 1. The van der Waals surface area contributed by atoms with Crippen molar-refractivity contribution in [3.63, 3.8) is 0 Å². The number of carbonyl (C=O) groups excluding carboxylic acids is 1. The Morgan fingerprint density at radius 1 is 1.38 bits per heavy atom. The Labute approximate surface area is 136 Å². The normalized spacial score (nSPS) is 10.4. The Hall–Kier alpha value is -1.59. The van der Waals surface area contributed by atoms with Crippen molar-refractivity contribution in [1.29, 1.82) is 0 Å². The monoisotopic (exact) mass is 367 g/mol. The first-order valence-corrected chi connectivity index (χ1v) is 7.69. The van der Waals surface area contributed by atoms with Gasteiger partial charge in [-0.3, -0.25) is 4.79 Å². The molecular weight excluding hydrogens is 354 g/mol. The highest BCUT2D eigenvalue weighted by Crippen LogP contribution is 2.26. The molecule has 0 unspecified atom stereocenters. The van der Waals surface area contributed by atoms with Crippen LogP contribution in [0.25, 0.3) is 0 Å². The number of hydrogen-bond acceptors (Lipinski definition) is 3. The number of halogens is 2. The lowest BCUT2D eigenvalue weighted by Crippen LogP contribution is -2.14. The molecule has 0 saturated carbocycles. The summed E-state index contributed by atoms with van der Waals surface area (Å²) < 4.78 is 0.721. The van der Waals surface area contributed by atoms with Gasteiger partial charge in [0.25, 0.3) is 5.91 Å². The quantitative estimate of drug-likeness (QED) is 0.846. The van der Waals surface area contributed by atoms with Crippen molar-refractivity contribution in [2.45, 2.75) is 19.8 Å². The van der Waals surface area contributed by atoms with Crippen LogP contribution < -0.4 is 11.1 Å². The third kappa shape index (κ3) is 4.19. The van der Waals surface area contributed by atoms with Crippen LogP contribution in [0.2, 0.25) is 5.02 Å². The van der Waals surface area contributed by atoms with Crippen LogP contribution in [0.3, 0.4) is 0 Å². The van der Waals surface area contributed by atoms with Gasteiger partial charge in [0, 0.05) is 20.8 Å². The average molecular weight is 369 g/mol. The van der Waals surface area contributed by atoms with Crippen molar-refractivity contribution < 1.29 is 4.79 Å². The molecule has 2 aromatic rings. The van der Waals surface area contributed by atoms with E-state index in [9.17, 15) is 4.79 Å². The molecule has 0 atom stereocenters. The maximum absolute atomic E-state index is 12.3. The lowest BCUT2D eigenvalue weighted by molar-refractivity contribution is 0.102. The first-order chi connectivity index (χ1) is 9.99. The Morgan fingerprint density at radius 3 is 2.81 bits per heavy atom. The molecule has 1 aromatic heterocycles. The number of nitrogens with zero attached hydrogens (tertiary/aromatic N) is 1. The van der Waals surface area contributed by atoms with Crippen LogP contribution in [-0.2, 0) is 6.42 Å². The Kier molecular flexibility index (Phi) is 5.20. The van der Waals surface area contributed by atoms with Gasteiger partial charge in [-0.05, 0) is 52.7 Å². The first-order valence-electron chi connectivity index (χ1n) is 6.52. The molecule has 2 rings (SSSR count). The smallest absolute Gasteiger partial charge is 0.255 e. The zero-order valence-electron chi connectivity index (χ0n) is 11.5. The molecule has 0 bridgehead atoms. The molecule has 0 saturated heterocycles. The fraction of sp³-hybridized carbons (Fsp3) is 0.200. The van der Waals surface area contributed by atoms with Gasteiger partial charge in [0.2, 0.25) is 0 Å². The van der Waals surface area contributed by atoms with Crippen LogP contribution in [0.15, 0.2) is 34.8 Å². The van der Waals surface area contributed by atoms with E-state index in [2.05, 4.69) is 33.2 Å². The summed E-state index contributed by atoms with van der Waals surface area (Å²) in [6.45, 7) is 2.05. The van der Waals surface area contributed by atoms with Gasteiger partial charge in [-0.25, -0.2) is 4.98 Å². The number of aromatic nitrogens is 1. The van der Waals surface area contributed by atoms with Crippen molar-refractivity contribution in [2.75, 3.05) is 11.1 Å². The molecule has 3 N–H and O–H groups in total. The third-order valence-electron chi connectivity index (χ3n) is 2.85. The molecule has 6 heteroatoms. The molecule has 0 aliphatic rings. The zero-order chi connectivity index (χ0) is 15.4. The summed E-state index contributed by atoms with van der Waals surface area (Å²) in [5, 5.41) is 3.42. The highest BCUT2D eigenvalue weighted by atomic mass is 79.9. The maximum atomic E-state index is 12.3. The highest BCUT2D eigenvalue weighted by Gasteiger charge is 2.11. The van der Waals surface area contributed by atoms with E-state index < -0.39 is 0 Å². The van der Waals surface area contributed by atoms with Crippen LogP contribution in [0.4, 0.5) is 11.5 Å². The van der Waals surface area contributed by atoms with E-state index in [-0.39, 0.29) is 5.91 Å². The van der Waals surface area contributed by atoms with E-state index >= 15 is 0 Å². The van der Waals surface area contributed by atoms with E-state index in [4.69, 9.17) is 17.3 Å². The third-order valence-corrected chi connectivity index (χ3v) is 3.74. The number of amides is 1. The predicted octanol–water partition coefficient (Wildman–Crippen LogP) is 4.28. The Balaban J connectivity index is 2.23. The van der Waals surface area contributed by atoms with Gasteiger partial charge in [-0.1, -0.05) is 24.9 Å². The van der Waals surface area contributed by atoms with E-state index in [1.54, 1.807) is 30.3 Å². The van der Waals surface area contributed by atoms with Crippen molar-refractivity contribution in [2.24, 2.45) is 0 Å². The minimum Gasteiger partial charge on any atom is -0.384 e. The van der Waals surface area contributed by atoms with Gasteiger partial charge in [0.05, 0.1) is 5.69 Å². The summed E-state index contributed by atoms with van der Waals surface area (Å²) in [6.07, 6.45) is 1.73. The summed E-state index contributed by atoms with van der Waals surface area (Å²) in [5.74, 6) is 0.116. The molecule has 1 amide bonds. The molecule has 1 aromatic carbocycles. The SMILES string of the molecule is CCCc1cc(C(=O)Nc2ccc(Cl)cc2Br)cc(N)n1. The van der Waals surface area contributed by atoms with E-state index in [0.29, 0.717) is 22.1 Å². The molecule has 0 spiro atoms. The van der Waals surface area contributed by atoms with E-state index in [1.165, 1.54) is 0 Å². The summed E-state index contributed by atoms with van der Waals surface area (Å²) >= 11 is 9.25. The molecular formula is C15H15BrClN3O. The summed E-state index contributed by atoms with van der Waals surface area (Å²) in [4.78, 5) is 16.5. The lowest BCUT2D eigenvalue weighted by atomic mass is 10.1. The topological polar surface area (TPSA) is 68.0 Å². The average Bonchev–Trinajstić information content (AvgIpc) is 2.41. The van der Waals surface area contributed by atoms with Gasteiger partial charge in [-0.15, -0.1) is 0 Å². The van der Waals surface area contributed by atoms with Gasteiger partial charge in [-0.2, -0.15) is 0 Å². The number of nitrogens with two attached hydrogens (primary N) is 1. The second-order valence-electron chi connectivity index (χ2n) is 4.60. The second kappa shape index (κ2) is 6.91. The Bertz CT molecular complexity index is 676. The summed E-state index contributed by atoms with van der Waals surface area (Å²) in [7, 11) is 0. The van der Waals surface area contributed by atoms with Crippen LogP contribution in [-0.4, -0.2) is 10.9 Å². The fourth-order valence-electron chi connectivity index (χ4n) is 1.91. The highest BCUT2D eigenvalue weighted by molar-refractivity contribution is 9.10. The predicted molar refractivity (Wildman–Crippen MR) is 89.7 cm³/mol. The van der Waals surface area contributed by atoms with E-state index in [0.717, 1.165) is 23.0 Å². The number of nitrogens with one attached hydrogen (secondary N) is 1. The number of carbonyl (C=O) groups is 1. The summed E-state index contributed by atoms with van der Waals surface area (Å²) in [5.41, 5.74) is 7.71. The maximum Gasteiger partial charge on any atom is 0.255 e. The van der Waals surface area contributed by atoms with Gasteiger partial charge in [0.1, 0.15) is 5.82 Å². The molecule has 0 fully saturated rings. The molecule has 21 heavy (non-hydrogen) atoms. The number of aryl methyl sites for hydroxylation is 1. The number of pyridine rings is 1. The molecule has 0 aliphatic heterocycles. The van der Waals surface area contributed by atoms with Crippen molar-refractivity contribution in [3.05, 3.63) is 51.1 Å². The molecule has 4 nitrogen and oxygen atoms in total. The summed E-state index contributed by atoms with van der Waals surface area (Å²) in [6, 6.07) is 8.51. The van der Waals surface area contributed by atoms with Gasteiger partial charge >= 0.3 is 0 Å². The van der Waals surface area contributed by atoms with Gasteiger partial charge < -0.3 is 11.1 Å². The van der Waals surface area contributed by atoms with Crippen LogP contribution in [0.5, 0.6) is 0 Å². The van der Waals surface area contributed by atoms with Gasteiger partial charge in [0.15, 0.2) is 0 Å². The number of nitrogen functional groups attached to an aromatic ring is 1. The number of hydrogen-bond donors (Lipinski definition) is 2.